The van der Waals surface area contributed by atoms with Crippen molar-refractivity contribution in [2.24, 2.45) is 5.92 Å². The number of pyridine rings is 1. The molecule has 1 N–H and O–H groups in total. The summed E-state index contributed by atoms with van der Waals surface area (Å²) in [5.74, 6) is 2.08. The lowest BCUT2D eigenvalue weighted by Crippen LogP contribution is -2.34. The van der Waals surface area contributed by atoms with E-state index in [1.165, 1.54) is 36.3 Å². The summed E-state index contributed by atoms with van der Waals surface area (Å²) in [6.45, 7) is 12.2. The van der Waals surface area contributed by atoms with Crippen LogP contribution in [0.3, 0.4) is 0 Å². The third kappa shape index (κ3) is 4.19. The van der Waals surface area contributed by atoms with E-state index in [4.69, 9.17) is 4.98 Å². The summed E-state index contributed by atoms with van der Waals surface area (Å²) < 4.78 is 0. The minimum Gasteiger partial charge on any atom is -0.357 e. The van der Waals surface area contributed by atoms with Crippen LogP contribution in [0.25, 0.3) is 0 Å². The lowest BCUT2D eigenvalue weighted by Gasteiger charge is -2.33. The van der Waals surface area contributed by atoms with Gasteiger partial charge < -0.3 is 10.2 Å². The predicted octanol–water partition coefficient (Wildman–Crippen LogP) is 3.72. The number of hydrogen-bond acceptors (Lipinski definition) is 3. The first-order valence-corrected chi connectivity index (χ1v) is 8.35. The molecule has 0 aromatic carbocycles. The highest BCUT2D eigenvalue weighted by Crippen LogP contribution is 2.28. The molecule has 21 heavy (non-hydrogen) atoms. The molecule has 0 unspecified atom stereocenters. The average Bonchev–Trinajstić information content (AvgIpc) is 2.46. The molecule has 1 aliphatic rings. The van der Waals surface area contributed by atoms with Gasteiger partial charge in [0, 0.05) is 30.7 Å². The van der Waals surface area contributed by atoms with Crippen LogP contribution in [0.1, 0.15) is 58.2 Å². The molecule has 0 atom stereocenters. The van der Waals surface area contributed by atoms with Gasteiger partial charge in [0.1, 0.15) is 5.82 Å². The number of aromatic nitrogens is 1. The van der Waals surface area contributed by atoms with Gasteiger partial charge in [-0.25, -0.2) is 4.98 Å². The molecule has 1 saturated heterocycles. The zero-order chi connectivity index (χ0) is 15.5. The van der Waals surface area contributed by atoms with E-state index in [0.29, 0.717) is 0 Å². The molecule has 2 rings (SSSR count). The van der Waals surface area contributed by atoms with Crippen molar-refractivity contribution in [3.05, 3.63) is 23.4 Å². The number of piperidine rings is 1. The van der Waals surface area contributed by atoms with Crippen molar-refractivity contribution in [1.29, 1.82) is 0 Å². The summed E-state index contributed by atoms with van der Waals surface area (Å²) >= 11 is 0. The summed E-state index contributed by atoms with van der Waals surface area (Å²) in [5, 5.41) is 3.26. The monoisotopic (exact) mass is 289 g/mol. The van der Waals surface area contributed by atoms with Crippen LogP contribution in [0.15, 0.2) is 12.1 Å². The summed E-state index contributed by atoms with van der Waals surface area (Å²) in [6, 6.07) is 4.51. The molecule has 3 heteroatoms. The van der Waals surface area contributed by atoms with E-state index in [1.54, 1.807) is 0 Å². The summed E-state index contributed by atoms with van der Waals surface area (Å²) in [4.78, 5) is 7.43. The van der Waals surface area contributed by atoms with E-state index in [9.17, 15) is 0 Å². The number of rotatable bonds is 4. The van der Waals surface area contributed by atoms with Crippen molar-refractivity contribution in [2.45, 2.75) is 58.9 Å². The van der Waals surface area contributed by atoms with E-state index in [2.05, 4.69) is 50.0 Å². The van der Waals surface area contributed by atoms with Crippen LogP contribution in [0.5, 0.6) is 0 Å². The van der Waals surface area contributed by atoms with E-state index >= 15 is 0 Å². The number of nitrogens with zero attached hydrogens (tertiary/aromatic N) is 2. The van der Waals surface area contributed by atoms with Crippen molar-refractivity contribution in [2.75, 3.05) is 25.0 Å². The Morgan fingerprint density at radius 3 is 2.43 bits per heavy atom. The van der Waals surface area contributed by atoms with Crippen LogP contribution >= 0.6 is 0 Å². The molecule has 1 aromatic rings. The first kappa shape index (κ1) is 16.3. The standard InChI is InChI=1S/C18H31N3/c1-6-14-7-9-21(10-8-14)17-12-15(13-19-5)11-16(20-17)18(2,3)4/h11-12,14,19H,6-10,13H2,1-5H3. The summed E-state index contributed by atoms with van der Waals surface area (Å²) in [5.41, 5.74) is 2.63. The number of nitrogens with one attached hydrogen (secondary N) is 1. The number of anilines is 1. The van der Waals surface area contributed by atoms with E-state index < -0.39 is 0 Å². The zero-order valence-corrected chi connectivity index (χ0v) is 14.4. The van der Waals surface area contributed by atoms with Crippen LogP contribution in [0, 0.1) is 5.92 Å². The van der Waals surface area contributed by atoms with Crippen LogP contribution in [-0.4, -0.2) is 25.1 Å². The van der Waals surface area contributed by atoms with Gasteiger partial charge in [0.2, 0.25) is 0 Å². The number of hydrogen-bond donors (Lipinski definition) is 1. The third-order valence-electron chi connectivity index (χ3n) is 4.54. The van der Waals surface area contributed by atoms with Gasteiger partial charge in [0.15, 0.2) is 0 Å². The lowest BCUT2D eigenvalue weighted by atomic mass is 9.90. The second-order valence-corrected chi connectivity index (χ2v) is 7.34. The van der Waals surface area contributed by atoms with Gasteiger partial charge in [-0.15, -0.1) is 0 Å². The molecule has 3 nitrogen and oxygen atoms in total. The van der Waals surface area contributed by atoms with E-state index in [1.807, 2.05) is 7.05 Å². The largest absolute Gasteiger partial charge is 0.357 e. The van der Waals surface area contributed by atoms with E-state index in [0.717, 1.165) is 25.6 Å². The average molecular weight is 289 g/mol. The van der Waals surface area contributed by atoms with Crippen molar-refractivity contribution < 1.29 is 0 Å². The Morgan fingerprint density at radius 1 is 1.24 bits per heavy atom. The molecule has 0 spiro atoms. The SMILES string of the molecule is CCC1CCN(c2cc(CNC)cc(C(C)(C)C)n2)CC1. The molecule has 0 saturated carbocycles. The molecular weight excluding hydrogens is 258 g/mol. The second kappa shape index (κ2) is 6.78. The fourth-order valence-electron chi connectivity index (χ4n) is 2.99. The quantitative estimate of drug-likeness (QED) is 0.915. The highest BCUT2D eigenvalue weighted by atomic mass is 15.2. The lowest BCUT2D eigenvalue weighted by molar-refractivity contribution is 0.393. The molecule has 1 fully saturated rings. The van der Waals surface area contributed by atoms with Crippen molar-refractivity contribution in [1.82, 2.24) is 10.3 Å². The van der Waals surface area contributed by atoms with Crippen LogP contribution in [-0.2, 0) is 12.0 Å². The van der Waals surface area contributed by atoms with Gasteiger partial charge in [-0.2, -0.15) is 0 Å². The molecule has 1 aliphatic heterocycles. The van der Waals surface area contributed by atoms with Gasteiger partial charge in [-0.3, -0.25) is 0 Å². The molecule has 1 aromatic heterocycles. The van der Waals surface area contributed by atoms with Gasteiger partial charge in [-0.05, 0) is 43.5 Å². The molecule has 118 valence electrons. The molecular formula is C18H31N3. The normalized spacial score (nSPS) is 17.3. The van der Waals surface area contributed by atoms with Gasteiger partial charge in [-0.1, -0.05) is 34.1 Å². The summed E-state index contributed by atoms with van der Waals surface area (Å²) in [6.07, 6.45) is 3.92. The third-order valence-corrected chi connectivity index (χ3v) is 4.54. The minimum absolute atomic E-state index is 0.0975. The highest BCUT2D eigenvalue weighted by molar-refractivity contribution is 5.44. The second-order valence-electron chi connectivity index (χ2n) is 7.34. The fraction of sp³-hybridized carbons (Fsp3) is 0.722. The topological polar surface area (TPSA) is 28.2 Å². The Balaban J connectivity index is 2.24. The predicted molar refractivity (Wildman–Crippen MR) is 90.9 cm³/mol. The zero-order valence-electron chi connectivity index (χ0n) is 14.4. The maximum Gasteiger partial charge on any atom is 0.129 e. The molecule has 2 heterocycles. The minimum atomic E-state index is 0.0975. The maximum absolute atomic E-state index is 4.96. The fourth-order valence-corrected chi connectivity index (χ4v) is 2.99. The summed E-state index contributed by atoms with van der Waals surface area (Å²) in [7, 11) is 2.00. The van der Waals surface area contributed by atoms with Crippen molar-refractivity contribution >= 4 is 5.82 Å². The maximum atomic E-state index is 4.96. The molecule has 0 amide bonds. The van der Waals surface area contributed by atoms with Gasteiger partial charge in [0.05, 0.1) is 0 Å². The molecule has 0 bridgehead atoms. The Labute approximate surface area is 130 Å². The Bertz CT molecular complexity index is 454. The molecule has 0 aliphatic carbocycles. The first-order chi connectivity index (χ1) is 9.94. The van der Waals surface area contributed by atoms with E-state index in [-0.39, 0.29) is 5.41 Å². The Hall–Kier alpha value is -1.09. The Kier molecular flexibility index (Phi) is 5.26. The van der Waals surface area contributed by atoms with Crippen molar-refractivity contribution in [3.63, 3.8) is 0 Å². The van der Waals surface area contributed by atoms with Crippen molar-refractivity contribution in [3.8, 4) is 0 Å². The van der Waals surface area contributed by atoms with Gasteiger partial charge in [0.25, 0.3) is 0 Å². The van der Waals surface area contributed by atoms with Crippen LogP contribution in [0.2, 0.25) is 0 Å². The van der Waals surface area contributed by atoms with Crippen LogP contribution in [0.4, 0.5) is 5.82 Å². The van der Waals surface area contributed by atoms with Gasteiger partial charge >= 0.3 is 0 Å². The first-order valence-electron chi connectivity index (χ1n) is 8.35. The highest BCUT2D eigenvalue weighted by Gasteiger charge is 2.22. The Morgan fingerprint density at radius 2 is 1.90 bits per heavy atom. The van der Waals surface area contributed by atoms with Crippen LogP contribution < -0.4 is 10.2 Å². The smallest absolute Gasteiger partial charge is 0.129 e. The molecule has 0 radical (unpaired) electrons.